The average molecular weight is 516 g/mol. The number of aryl methyl sites for hydroxylation is 2. The van der Waals surface area contributed by atoms with Gasteiger partial charge in [-0.1, -0.05) is 12.1 Å². The van der Waals surface area contributed by atoms with Gasteiger partial charge in [0.15, 0.2) is 0 Å². The topological polar surface area (TPSA) is 47.5 Å². The lowest BCUT2D eigenvalue weighted by Crippen LogP contribution is -2.18. The summed E-state index contributed by atoms with van der Waals surface area (Å²) in [5.41, 5.74) is 3.05. The second kappa shape index (κ2) is 11.9. The van der Waals surface area contributed by atoms with Crippen molar-refractivity contribution in [1.29, 1.82) is 0 Å². The molecule has 0 aliphatic heterocycles. The van der Waals surface area contributed by atoms with Crippen LogP contribution < -0.4 is 14.4 Å². The van der Waals surface area contributed by atoms with Crippen LogP contribution >= 0.6 is 0 Å². The highest BCUT2D eigenvalue weighted by Gasteiger charge is 2.53. The molecule has 2 aliphatic rings. The van der Waals surface area contributed by atoms with E-state index in [2.05, 4.69) is 55.4 Å². The van der Waals surface area contributed by atoms with Gasteiger partial charge in [0.05, 0.1) is 18.7 Å². The van der Waals surface area contributed by atoms with Crippen LogP contribution in [0.15, 0.2) is 42.5 Å². The van der Waals surface area contributed by atoms with Gasteiger partial charge in [-0.25, -0.2) is 9.97 Å². The van der Waals surface area contributed by atoms with E-state index in [1.54, 1.807) is 0 Å². The summed E-state index contributed by atoms with van der Waals surface area (Å²) in [5, 5.41) is 1.14. The van der Waals surface area contributed by atoms with Crippen molar-refractivity contribution in [1.82, 2.24) is 9.97 Å². The average Bonchev–Trinajstić information content (AvgIpc) is 3.59. The molecule has 1 spiro atoms. The van der Waals surface area contributed by atoms with E-state index in [4.69, 9.17) is 19.4 Å². The molecule has 2 aliphatic carbocycles. The van der Waals surface area contributed by atoms with Crippen molar-refractivity contribution in [2.24, 2.45) is 17.3 Å². The molecule has 1 atom stereocenters. The molecule has 3 aromatic rings. The van der Waals surface area contributed by atoms with Crippen LogP contribution in [0.1, 0.15) is 76.6 Å². The van der Waals surface area contributed by atoms with Gasteiger partial charge >= 0.3 is 0 Å². The summed E-state index contributed by atoms with van der Waals surface area (Å²) in [6.07, 6.45) is 12.9. The highest BCUT2D eigenvalue weighted by atomic mass is 16.5. The van der Waals surface area contributed by atoms with E-state index >= 15 is 0 Å². The van der Waals surface area contributed by atoms with Gasteiger partial charge in [0, 0.05) is 32.0 Å². The minimum atomic E-state index is 0.650. The Bertz CT molecular complexity index is 1190. The first-order chi connectivity index (χ1) is 18.5. The number of nitrogens with zero attached hydrogens (tertiary/aromatic N) is 3. The van der Waals surface area contributed by atoms with Crippen molar-refractivity contribution in [3.8, 4) is 11.5 Å². The molecule has 38 heavy (non-hydrogen) atoms. The summed E-state index contributed by atoms with van der Waals surface area (Å²) in [7, 11) is 4.14. The quantitative estimate of drug-likeness (QED) is 0.248. The maximum atomic E-state index is 5.77. The van der Waals surface area contributed by atoms with E-state index in [1.807, 2.05) is 19.9 Å². The van der Waals surface area contributed by atoms with Crippen LogP contribution in [0.5, 0.6) is 11.5 Å². The molecule has 204 valence electrons. The van der Waals surface area contributed by atoms with E-state index < -0.39 is 0 Å². The number of benzene rings is 2. The van der Waals surface area contributed by atoms with Gasteiger partial charge in [0.1, 0.15) is 23.1 Å². The van der Waals surface area contributed by atoms with E-state index in [0.717, 1.165) is 58.7 Å². The molecule has 1 heterocycles. The molecule has 0 radical (unpaired) electrons. The van der Waals surface area contributed by atoms with E-state index in [-0.39, 0.29) is 0 Å². The largest absolute Gasteiger partial charge is 0.494 e. The third-order valence-corrected chi connectivity index (χ3v) is 8.87. The fourth-order valence-corrected chi connectivity index (χ4v) is 6.71. The van der Waals surface area contributed by atoms with E-state index in [9.17, 15) is 0 Å². The fourth-order valence-electron chi connectivity index (χ4n) is 6.71. The number of fused-ring (bicyclic) bond motifs is 1. The first-order valence-corrected chi connectivity index (χ1v) is 14.8. The van der Waals surface area contributed by atoms with Crippen LogP contribution in [0.4, 0.5) is 5.82 Å². The van der Waals surface area contributed by atoms with Crippen LogP contribution in [0, 0.1) is 17.3 Å². The number of hydrogen-bond acceptors (Lipinski definition) is 5. The minimum Gasteiger partial charge on any atom is -0.494 e. The van der Waals surface area contributed by atoms with Gasteiger partial charge in [-0.15, -0.1) is 0 Å². The Kier molecular flexibility index (Phi) is 8.40. The lowest BCUT2D eigenvalue weighted by molar-refractivity contribution is 0.226. The number of para-hydroxylation sites is 1. The smallest absolute Gasteiger partial charge is 0.139 e. The normalized spacial score (nSPS) is 22.5. The molecule has 0 bridgehead atoms. The van der Waals surface area contributed by atoms with Gasteiger partial charge in [-0.2, -0.15) is 0 Å². The Morgan fingerprint density at radius 3 is 2.29 bits per heavy atom. The lowest BCUT2D eigenvalue weighted by atomic mass is 9.76. The zero-order valence-electron chi connectivity index (χ0n) is 23.8. The third-order valence-electron chi connectivity index (χ3n) is 8.87. The molecule has 0 unspecified atom stereocenters. The van der Waals surface area contributed by atoms with E-state index in [1.165, 1.54) is 56.9 Å². The number of aromatic nitrogens is 2. The third kappa shape index (κ3) is 6.24. The summed E-state index contributed by atoms with van der Waals surface area (Å²) in [4.78, 5) is 11.9. The SMILES string of the molecule is CCOc1cc(CCC[C@H]2CC23CCC(CCc2nc(N(C)C)c4ccccc4n2)CC3)cc(OCC)c1. The van der Waals surface area contributed by atoms with Crippen molar-refractivity contribution in [3.63, 3.8) is 0 Å². The van der Waals surface area contributed by atoms with Crippen molar-refractivity contribution in [2.75, 3.05) is 32.2 Å². The molecule has 5 heteroatoms. The summed E-state index contributed by atoms with van der Waals surface area (Å²) in [6, 6.07) is 14.8. The van der Waals surface area contributed by atoms with Crippen LogP contribution in [0.2, 0.25) is 0 Å². The molecule has 0 N–H and O–H groups in total. The van der Waals surface area contributed by atoms with Gasteiger partial charge in [0.25, 0.3) is 0 Å². The monoisotopic (exact) mass is 515 g/mol. The summed E-state index contributed by atoms with van der Waals surface area (Å²) < 4.78 is 11.5. The molecule has 0 amide bonds. The first kappa shape index (κ1) is 26.8. The van der Waals surface area contributed by atoms with Crippen molar-refractivity contribution < 1.29 is 9.47 Å². The zero-order chi connectivity index (χ0) is 26.5. The van der Waals surface area contributed by atoms with Crippen molar-refractivity contribution >= 4 is 16.7 Å². The number of ether oxygens (including phenoxy) is 2. The molecule has 1 aromatic heterocycles. The zero-order valence-corrected chi connectivity index (χ0v) is 23.8. The molecule has 2 aromatic carbocycles. The minimum absolute atomic E-state index is 0.650. The Balaban J connectivity index is 1.08. The predicted molar refractivity (Wildman–Crippen MR) is 156 cm³/mol. The van der Waals surface area contributed by atoms with Gasteiger partial charge in [-0.3, -0.25) is 0 Å². The van der Waals surface area contributed by atoms with Crippen LogP contribution in [-0.4, -0.2) is 37.3 Å². The molecule has 2 fully saturated rings. The van der Waals surface area contributed by atoms with Crippen LogP contribution in [-0.2, 0) is 12.8 Å². The Morgan fingerprint density at radius 1 is 0.895 bits per heavy atom. The second-order valence-electron chi connectivity index (χ2n) is 11.7. The fraction of sp³-hybridized carbons (Fsp3) is 0.576. The maximum absolute atomic E-state index is 5.77. The molecular weight excluding hydrogens is 470 g/mol. The highest BCUT2D eigenvalue weighted by molar-refractivity contribution is 5.89. The number of rotatable bonds is 12. The Morgan fingerprint density at radius 2 is 1.61 bits per heavy atom. The maximum Gasteiger partial charge on any atom is 0.139 e. The van der Waals surface area contributed by atoms with Crippen molar-refractivity contribution in [2.45, 2.75) is 78.1 Å². The molecule has 5 nitrogen and oxygen atoms in total. The van der Waals surface area contributed by atoms with Gasteiger partial charge < -0.3 is 14.4 Å². The molecule has 5 rings (SSSR count). The van der Waals surface area contributed by atoms with Crippen molar-refractivity contribution in [3.05, 3.63) is 53.9 Å². The van der Waals surface area contributed by atoms with Gasteiger partial charge in [-0.05, 0) is 119 Å². The highest BCUT2D eigenvalue weighted by Crippen LogP contribution is 2.64. The molecular formula is C33H45N3O2. The Labute approximate surface area is 229 Å². The number of anilines is 1. The Hall–Kier alpha value is -2.82. The van der Waals surface area contributed by atoms with Crippen LogP contribution in [0.3, 0.4) is 0 Å². The lowest BCUT2D eigenvalue weighted by Gasteiger charge is -2.29. The van der Waals surface area contributed by atoms with Gasteiger partial charge in [0.2, 0.25) is 0 Å². The standard InChI is InChI=1S/C33H45N3O2/c1-5-37-27-20-25(21-28(22-27)38-6-2)10-9-11-26-23-33(26)18-16-24(17-19-33)14-15-31-34-30-13-8-7-12-29(30)32(35-31)36(3)4/h7-8,12-13,20-22,24,26H,5-6,9-11,14-19,23H2,1-4H3/t24?,26-,33?/m0/s1. The number of hydrogen-bond donors (Lipinski definition) is 0. The summed E-state index contributed by atoms with van der Waals surface area (Å²) >= 11 is 0. The molecule has 0 saturated heterocycles. The predicted octanol–water partition coefficient (Wildman–Crippen LogP) is 7.65. The second-order valence-corrected chi connectivity index (χ2v) is 11.7. The first-order valence-electron chi connectivity index (χ1n) is 14.8. The summed E-state index contributed by atoms with van der Waals surface area (Å²) in [6.45, 7) is 5.44. The van der Waals surface area contributed by atoms with Crippen LogP contribution in [0.25, 0.3) is 10.9 Å². The summed E-state index contributed by atoms with van der Waals surface area (Å²) in [5.74, 6) is 5.64. The molecule has 2 saturated carbocycles. The van der Waals surface area contributed by atoms with E-state index in [0.29, 0.717) is 18.6 Å².